The number of rotatable bonds is 5. The van der Waals surface area contributed by atoms with E-state index >= 15 is 0 Å². The van der Waals surface area contributed by atoms with Gasteiger partial charge in [-0.05, 0) is 26.2 Å². The summed E-state index contributed by atoms with van der Waals surface area (Å²) < 4.78 is 5.40. The molecular formula is C8H17O. The van der Waals surface area contributed by atoms with Crippen LogP contribution in [0.5, 0.6) is 0 Å². The predicted octanol–water partition coefficient (Wildman–Crippen LogP) is 2.42. The molecule has 0 N–H and O–H groups in total. The van der Waals surface area contributed by atoms with Crippen LogP contribution in [-0.4, -0.2) is 12.7 Å². The van der Waals surface area contributed by atoms with Gasteiger partial charge in [-0.1, -0.05) is 13.8 Å². The van der Waals surface area contributed by atoms with Crippen molar-refractivity contribution in [1.82, 2.24) is 0 Å². The molecule has 0 saturated carbocycles. The fourth-order valence-electron chi connectivity index (χ4n) is 0.505. The molecule has 0 bridgehead atoms. The maximum absolute atomic E-state index is 5.40. The normalized spacial score (nSPS) is 13.7. The Hall–Kier alpha value is -0.0400. The number of hydrogen-bond donors (Lipinski definition) is 0. The highest BCUT2D eigenvalue weighted by atomic mass is 16.5. The van der Waals surface area contributed by atoms with E-state index in [1.165, 1.54) is 0 Å². The molecule has 0 fully saturated rings. The van der Waals surface area contributed by atoms with Crippen molar-refractivity contribution in [2.24, 2.45) is 0 Å². The zero-order valence-corrected chi connectivity index (χ0v) is 6.68. The Kier molecular flexibility index (Phi) is 6.06. The topological polar surface area (TPSA) is 9.23 Å². The average Bonchev–Trinajstić information content (AvgIpc) is 1.89. The fraction of sp³-hybridized carbons (Fsp3) is 0.875. The Balaban J connectivity index is 2.88. The molecule has 9 heavy (non-hydrogen) atoms. The first kappa shape index (κ1) is 8.96. The van der Waals surface area contributed by atoms with Crippen LogP contribution in [0.25, 0.3) is 0 Å². The number of hydrogen-bond acceptors (Lipinski definition) is 1. The van der Waals surface area contributed by atoms with Gasteiger partial charge >= 0.3 is 0 Å². The second kappa shape index (κ2) is 6.09. The van der Waals surface area contributed by atoms with Crippen molar-refractivity contribution in [3.8, 4) is 0 Å². The summed E-state index contributed by atoms with van der Waals surface area (Å²) in [6.07, 6.45) is 4.75. The predicted molar refractivity (Wildman–Crippen MR) is 40.3 cm³/mol. The van der Waals surface area contributed by atoms with Gasteiger partial charge in [0.25, 0.3) is 0 Å². The van der Waals surface area contributed by atoms with Gasteiger partial charge in [0.05, 0.1) is 6.10 Å². The summed E-state index contributed by atoms with van der Waals surface area (Å²) in [6.45, 7) is 7.18. The minimum atomic E-state index is 0.435. The van der Waals surface area contributed by atoms with Crippen LogP contribution in [0.4, 0.5) is 0 Å². The van der Waals surface area contributed by atoms with E-state index in [0.29, 0.717) is 6.10 Å². The standard InChI is InChI=1S/C8H17O/c1-4-6-7-9-8(3)5-2/h4,8H,5-7H2,1-3H3. The van der Waals surface area contributed by atoms with E-state index in [4.69, 9.17) is 4.74 Å². The van der Waals surface area contributed by atoms with Crippen LogP contribution in [0.15, 0.2) is 0 Å². The van der Waals surface area contributed by atoms with Crippen molar-refractivity contribution in [1.29, 1.82) is 0 Å². The molecule has 1 radical (unpaired) electrons. The highest BCUT2D eigenvalue weighted by Gasteiger charge is 1.95. The highest BCUT2D eigenvalue weighted by Crippen LogP contribution is 1.97. The molecule has 0 amide bonds. The second-order valence-electron chi connectivity index (χ2n) is 2.29. The summed E-state index contributed by atoms with van der Waals surface area (Å²) in [6, 6.07) is 0. The Morgan fingerprint density at radius 2 is 2.22 bits per heavy atom. The zero-order valence-electron chi connectivity index (χ0n) is 6.68. The van der Waals surface area contributed by atoms with Crippen LogP contribution in [0.2, 0.25) is 0 Å². The second-order valence-corrected chi connectivity index (χ2v) is 2.29. The van der Waals surface area contributed by atoms with E-state index in [-0.39, 0.29) is 0 Å². The zero-order chi connectivity index (χ0) is 7.11. The fourth-order valence-corrected chi connectivity index (χ4v) is 0.505. The smallest absolute Gasteiger partial charge is 0.0544 e. The molecule has 1 atom stereocenters. The molecule has 0 aliphatic carbocycles. The van der Waals surface area contributed by atoms with E-state index in [0.717, 1.165) is 19.4 Å². The highest BCUT2D eigenvalue weighted by molar-refractivity contribution is 4.54. The van der Waals surface area contributed by atoms with Gasteiger partial charge in [0, 0.05) is 6.61 Å². The maximum Gasteiger partial charge on any atom is 0.0544 e. The van der Waals surface area contributed by atoms with Crippen molar-refractivity contribution in [3.63, 3.8) is 0 Å². The summed E-state index contributed by atoms with van der Waals surface area (Å²) in [5.74, 6) is 0. The minimum Gasteiger partial charge on any atom is -0.379 e. The lowest BCUT2D eigenvalue weighted by atomic mass is 10.3. The number of unbranched alkanes of at least 4 members (excludes halogenated alkanes) is 1. The van der Waals surface area contributed by atoms with Gasteiger partial charge in [-0.3, -0.25) is 0 Å². The summed E-state index contributed by atoms with van der Waals surface area (Å²) in [4.78, 5) is 0. The molecule has 0 aliphatic rings. The van der Waals surface area contributed by atoms with Gasteiger partial charge in [0.15, 0.2) is 0 Å². The first-order valence-electron chi connectivity index (χ1n) is 3.70. The third-order valence-corrected chi connectivity index (χ3v) is 1.38. The lowest BCUT2D eigenvalue weighted by molar-refractivity contribution is 0.0656. The average molecular weight is 129 g/mol. The lowest BCUT2D eigenvalue weighted by Gasteiger charge is -2.08. The van der Waals surface area contributed by atoms with E-state index < -0.39 is 0 Å². The quantitative estimate of drug-likeness (QED) is 0.518. The minimum absolute atomic E-state index is 0.435. The van der Waals surface area contributed by atoms with Gasteiger partial charge in [-0.25, -0.2) is 0 Å². The molecule has 55 valence electrons. The monoisotopic (exact) mass is 129 g/mol. The molecule has 1 heteroatoms. The van der Waals surface area contributed by atoms with Crippen molar-refractivity contribution >= 4 is 0 Å². The van der Waals surface area contributed by atoms with Crippen LogP contribution >= 0.6 is 0 Å². The van der Waals surface area contributed by atoms with Crippen LogP contribution < -0.4 is 0 Å². The summed E-state index contributed by atoms with van der Waals surface area (Å²) >= 11 is 0. The molecule has 0 saturated heterocycles. The summed E-state index contributed by atoms with van der Waals surface area (Å²) in [5, 5.41) is 0. The van der Waals surface area contributed by atoms with Crippen LogP contribution in [0.1, 0.15) is 33.6 Å². The Bertz CT molecular complexity index is 52.5. The van der Waals surface area contributed by atoms with E-state index in [9.17, 15) is 0 Å². The molecule has 0 heterocycles. The number of ether oxygens (including phenoxy) is 1. The Labute approximate surface area is 58.4 Å². The maximum atomic E-state index is 5.40. The first-order chi connectivity index (χ1) is 4.31. The molecule has 0 aromatic carbocycles. The van der Waals surface area contributed by atoms with E-state index in [2.05, 4.69) is 27.2 Å². The van der Waals surface area contributed by atoms with Gasteiger partial charge < -0.3 is 4.74 Å². The van der Waals surface area contributed by atoms with E-state index in [1.807, 2.05) is 0 Å². The van der Waals surface area contributed by atoms with Crippen molar-refractivity contribution in [2.75, 3.05) is 6.61 Å². The van der Waals surface area contributed by atoms with Gasteiger partial charge in [0.1, 0.15) is 0 Å². The summed E-state index contributed by atoms with van der Waals surface area (Å²) in [5.41, 5.74) is 0. The van der Waals surface area contributed by atoms with Gasteiger partial charge in [0.2, 0.25) is 0 Å². The Morgan fingerprint density at radius 3 is 2.67 bits per heavy atom. The summed E-state index contributed by atoms with van der Waals surface area (Å²) in [7, 11) is 0. The van der Waals surface area contributed by atoms with Crippen molar-refractivity contribution in [2.45, 2.75) is 39.7 Å². The largest absolute Gasteiger partial charge is 0.379 e. The van der Waals surface area contributed by atoms with E-state index in [1.54, 1.807) is 0 Å². The SMILES string of the molecule is C[CH]CCOC(C)CC. The first-order valence-corrected chi connectivity index (χ1v) is 3.70. The molecule has 0 aromatic heterocycles. The molecule has 1 nitrogen and oxygen atoms in total. The molecule has 0 spiro atoms. The molecular weight excluding hydrogens is 112 g/mol. The lowest BCUT2D eigenvalue weighted by Crippen LogP contribution is -2.06. The molecule has 0 rings (SSSR count). The van der Waals surface area contributed by atoms with Crippen LogP contribution in [-0.2, 0) is 4.74 Å². The van der Waals surface area contributed by atoms with Crippen LogP contribution in [0, 0.1) is 6.42 Å². The Morgan fingerprint density at radius 1 is 1.56 bits per heavy atom. The third-order valence-electron chi connectivity index (χ3n) is 1.38. The molecule has 1 unspecified atom stereocenters. The van der Waals surface area contributed by atoms with Crippen LogP contribution in [0.3, 0.4) is 0 Å². The van der Waals surface area contributed by atoms with Gasteiger partial charge in [-0.15, -0.1) is 0 Å². The van der Waals surface area contributed by atoms with Crippen molar-refractivity contribution < 1.29 is 4.74 Å². The van der Waals surface area contributed by atoms with Gasteiger partial charge in [-0.2, -0.15) is 0 Å². The van der Waals surface area contributed by atoms with Crippen molar-refractivity contribution in [3.05, 3.63) is 6.42 Å². The molecule has 0 aliphatic heterocycles. The third kappa shape index (κ3) is 5.84. The molecule has 0 aromatic rings.